The van der Waals surface area contributed by atoms with E-state index >= 15 is 0 Å². The molecule has 18 heavy (non-hydrogen) atoms. The second kappa shape index (κ2) is 6.82. The molecule has 2 aromatic rings. The normalized spacial score (nSPS) is 12.1. The fourth-order valence-corrected chi connectivity index (χ4v) is 1.99. The van der Waals surface area contributed by atoms with Crippen molar-refractivity contribution >= 4 is 0 Å². The number of benzene rings is 2. The summed E-state index contributed by atoms with van der Waals surface area (Å²) < 4.78 is 5.82. The number of hydrogen-bond acceptors (Lipinski definition) is 2. The number of rotatable bonds is 6. The van der Waals surface area contributed by atoms with Gasteiger partial charge >= 0.3 is 0 Å². The van der Waals surface area contributed by atoms with Gasteiger partial charge in [0.1, 0.15) is 5.75 Å². The third-order valence-corrected chi connectivity index (χ3v) is 2.98. The maximum atomic E-state index is 5.82. The smallest absolute Gasteiger partial charge is 0.119 e. The molecule has 0 saturated heterocycles. The van der Waals surface area contributed by atoms with E-state index in [4.69, 9.17) is 10.5 Å². The summed E-state index contributed by atoms with van der Waals surface area (Å²) >= 11 is 0. The van der Waals surface area contributed by atoms with E-state index in [1.165, 1.54) is 5.56 Å². The van der Waals surface area contributed by atoms with Gasteiger partial charge in [0, 0.05) is 5.92 Å². The van der Waals surface area contributed by atoms with Gasteiger partial charge in [0.2, 0.25) is 0 Å². The lowest BCUT2D eigenvalue weighted by Crippen LogP contribution is -2.14. The molecule has 0 saturated carbocycles. The predicted molar refractivity (Wildman–Crippen MR) is 74.8 cm³/mol. The van der Waals surface area contributed by atoms with Crippen LogP contribution in [0, 0.1) is 0 Å². The molecule has 2 heteroatoms. The first-order valence-electron chi connectivity index (χ1n) is 6.33. The molecule has 0 bridgehead atoms. The summed E-state index contributed by atoms with van der Waals surface area (Å²) in [7, 11) is 0. The van der Waals surface area contributed by atoms with Crippen LogP contribution in [0.1, 0.15) is 17.9 Å². The fourth-order valence-electron chi connectivity index (χ4n) is 1.99. The first-order chi connectivity index (χ1) is 8.90. The average molecular weight is 241 g/mol. The maximum Gasteiger partial charge on any atom is 0.119 e. The highest BCUT2D eigenvalue weighted by molar-refractivity contribution is 5.23. The quantitative estimate of drug-likeness (QED) is 0.843. The van der Waals surface area contributed by atoms with Crippen LogP contribution in [0.5, 0.6) is 5.75 Å². The highest BCUT2D eigenvalue weighted by atomic mass is 16.5. The Kier molecular flexibility index (Phi) is 4.79. The second-order valence-electron chi connectivity index (χ2n) is 4.31. The average Bonchev–Trinajstić information content (AvgIpc) is 2.45. The van der Waals surface area contributed by atoms with E-state index in [2.05, 4.69) is 24.3 Å². The summed E-state index contributed by atoms with van der Waals surface area (Å²) in [5.41, 5.74) is 6.97. The van der Waals surface area contributed by atoms with E-state index in [-0.39, 0.29) is 0 Å². The van der Waals surface area contributed by atoms with Gasteiger partial charge in [0.25, 0.3) is 0 Å². The number of ether oxygens (including phenoxy) is 1. The van der Waals surface area contributed by atoms with Gasteiger partial charge < -0.3 is 10.5 Å². The molecule has 1 atom stereocenters. The standard InChI is InChI=1S/C16H19NO/c17-12-11-15(14-7-3-1-4-8-14)13-18-16-9-5-2-6-10-16/h1-10,15H,11-13,17H2. The molecule has 0 heterocycles. The van der Waals surface area contributed by atoms with Crippen molar-refractivity contribution in [1.82, 2.24) is 0 Å². The largest absolute Gasteiger partial charge is 0.493 e. The molecule has 0 amide bonds. The Balaban J connectivity index is 1.99. The molecule has 0 aromatic heterocycles. The van der Waals surface area contributed by atoms with Crippen molar-refractivity contribution in [3.05, 3.63) is 66.2 Å². The lowest BCUT2D eigenvalue weighted by molar-refractivity contribution is 0.283. The van der Waals surface area contributed by atoms with Crippen LogP contribution in [0.3, 0.4) is 0 Å². The van der Waals surface area contributed by atoms with Crippen LogP contribution >= 0.6 is 0 Å². The molecule has 0 spiro atoms. The van der Waals surface area contributed by atoms with Crippen molar-refractivity contribution in [2.75, 3.05) is 13.2 Å². The molecule has 0 fully saturated rings. The first kappa shape index (κ1) is 12.7. The zero-order chi connectivity index (χ0) is 12.6. The third kappa shape index (κ3) is 3.60. The van der Waals surface area contributed by atoms with E-state index in [1.54, 1.807) is 0 Å². The topological polar surface area (TPSA) is 35.2 Å². The Morgan fingerprint density at radius 2 is 1.50 bits per heavy atom. The van der Waals surface area contributed by atoms with Crippen molar-refractivity contribution in [3.63, 3.8) is 0 Å². The van der Waals surface area contributed by atoms with E-state index in [9.17, 15) is 0 Å². The Morgan fingerprint density at radius 1 is 0.889 bits per heavy atom. The number of hydrogen-bond donors (Lipinski definition) is 1. The van der Waals surface area contributed by atoms with E-state index in [0.717, 1.165) is 12.2 Å². The number of para-hydroxylation sites is 1. The Bertz CT molecular complexity index is 441. The zero-order valence-electron chi connectivity index (χ0n) is 10.5. The van der Waals surface area contributed by atoms with Gasteiger partial charge in [-0.15, -0.1) is 0 Å². The fraction of sp³-hybridized carbons (Fsp3) is 0.250. The van der Waals surface area contributed by atoms with Crippen LogP contribution in [-0.4, -0.2) is 13.2 Å². The summed E-state index contributed by atoms with van der Waals surface area (Å²) in [6, 6.07) is 20.3. The van der Waals surface area contributed by atoms with Gasteiger partial charge in [-0.3, -0.25) is 0 Å². The molecule has 2 N–H and O–H groups in total. The summed E-state index contributed by atoms with van der Waals surface area (Å²) in [6.45, 7) is 1.35. The molecule has 2 aromatic carbocycles. The van der Waals surface area contributed by atoms with Crippen LogP contribution in [0.25, 0.3) is 0 Å². The lowest BCUT2D eigenvalue weighted by Gasteiger charge is -2.17. The van der Waals surface area contributed by atoms with Crippen molar-refractivity contribution in [2.45, 2.75) is 12.3 Å². The monoisotopic (exact) mass is 241 g/mol. The molecule has 0 aliphatic carbocycles. The molecule has 2 nitrogen and oxygen atoms in total. The van der Waals surface area contributed by atoms with E-state index in [0.29, 0.717) is 19.1 Å². The van der Waals surface area contributed by atoms with Gasteiger partial charge in [-0.2, -0.15) is 0 Å². The van der Waals surface area contributed by atoms with Crippen LogP contribution in [0.2, 0.25) is 0 Å². The lowest BCUT2D eigenvalue weighted by atomic mass is 9.97. The third-order valence-electron chi connectivity index (χ3n) is 2.98. The van der Waals surface area contributed by atoms with Crippen LogP contribution in [0.4, 0.5) is 0 Å². The van der Waals surface area contributed by atoms with Crippen LogP contribution in [-0.2, 0) is 0 Å². The minimum Gasteiger partial charge on any atom is -0.493 e. The molecular weight excluding hydrogens is 222 g/mol. The summed E-state index contributed by atoms with van der Waals surface area (Å²) in [5, 5.41) is 0. The Morgan fingerprint density at radius 3 is 2.11 bits per heavy atom. The minimum atomic E-state index is 0.358. The van der Waals surface area contributed by atoms with Gasteiger partial charge in [0.15, 0.2) is 0 Å². The summed E-state index contributed by atoms with van der Waals surface area (Å²) in [4.78, 5) is 0. The van der Waals surface area contributed by atoms with Crippen molar-refractivity contribution in [1.29, 1.82) is 0 Å². The maximum absolute atomic E-state index is 5.82. The highest BCUT2D eigenvalue weighted by Gasteiger charge is 2.11. The predicted octanol–water partition coefficient (Wildman–Crippen LogP) is 3.20. The first-order valence-corrected chi connectivity index (χ1v) is 6.33. The van der Waals surface area contributed by atoms with Crippen molar-refractivity contribution < 1.29 is 4.74 Å². The molecule has 0 aliphatic heterocycles. The van der Waals surface area contributed by atoms with E-state index in [1.807, 2.05) is 36.4 Å². The van der Waals surface area contributed by atoms with Gasteiger partial charge in [-0.05, 0) is 30.7 Å². The van der Waals surface area contributed by atoms with Crippen molar-refractivity contribution in [2.24, 2.45) is 5.73 Å². The summed E-state index contributed by atoms with van der Waals surface area (Å²) in [5.74, 6) is 1.27. The van der Waals surface area contributed by atoms with Crippen LogP contribution in [0.15, 0.2) is 60.7 Å². The second-order valence-corrected chi connectivity index (χ2v) is 4.31. The highest BCUT2D eigenvalue weighted by Crippen LogP contribution is 2.20. The molecule has 2 rings (SSSR count). The Hall–Kier alpha value is -1.80. The summed E-state index contributed by atoms with van der Waals surface area (Å²) in [6.07, 6.45) is 0.941. The molecular formula is C16H19NO. The van der Waals surface area contributed by atoms with Gasteiger partial charge in [-0.1, -0.05) is 48.5 Å². The number of nitrogens with two attached hydrogens (primary N) is 1. The van der Waals surface area contributed by atoms with Gasteiger partial charge in [0.05, 0.1) is 6.61 Å². The molecule has 0 aliphatic rings. The SMILES string of the molecule is NCCC(COc1ccccc1)c1ccccc1. The molecule has 94 valence electrons. The zero-order valence-corrected chi connectivity index (χ0v) is 10.5. The van der Waals surface area contributed by atoms with Crippen molar-refractivity contribution in [3.8, 4) is 5.75 Å². The minimum absolute atomic E-state index is 0.358. The van der Waals surface area contributed by atoms with Gasteiger partial charge in [-0.25, -0.2) is 0 Å². The Labute approximate surface area is 108 Å². The van der Waals surface area contributed by atoms with Crippen LogP contribution < -0.4 is 10.5 Å². The van der Waals surface area contributed by atoms with E-state index < -0.39 is 0 Å². The molecule has 0 radical (unpaired) electrons. The molecule has 1 unspecified atom stereocenters.